The highest BCUT2D eigenvalue weighted by molar-refractivity contribution is 5.94. The van der Waals surface area contributed by atoms with Crippen LogP contribution < -0.4 is 21.7 Å². The van der Waals surface area contributed by atoms with E-state index in [1.165, 1.54) is 0 Å². The van der Waals surface area contributed by atoms with Crippen LogP contribution >= 0.6 is 0 Å². The van der Waals surface area contributed by atoms with Gasteiger partial charge in [-0.3, -0.25) is 19.2 Å². The third-order valence-electron chi connectivity index (χ3n) is 5.63. The maximum absolute atomic E-state index is 12.9. The Balaban J connectivity index is 2.05. The molecule has 204 valence electrons. The fourth-order valence-electron chi connectivity index (χ4n) is 3.56. The van der Waals surface area contributed by atoms with Gasteiger partial charge < -0.3 is 37.0 Å². The van der Waals surface area contributed by atoms with E-state index in [0.29, 0.717) is 5.56 Å². The molecule has 0 heterocycles. The number of nitrogens with two attached hydrogens (primary N) is 1. The normalized spacial score (nSPS) is 13.8. The van der Waals surface area contributed by atoms with Gasteiger partial charge in [-0.15, -0.1) is 0 Å². The van der Waals surface area contributed by atoms with Crippen molar-refractivity contribution in [1.29, 1.82) is 0 Å². The number of carbonyl (C=O) groups excluding carboxylic acids is 3. The van der Waals surface area contributed by atoms with Gasteiger partial charge in [0.25, 0.3) is 0 Å². The highest BCUT2D eigenvalue weighted by Crippen LogP contribution is 2.06. The van der Waals surface area contributed by atoms with Crippen molar-refractivity contribution in [2.24, 2.45) is 5.73 Å². The summed E-state index contributed by atoms with van der Waals surface area (Å²) in [7, 11) is 0. The molecule has 0 aliphatic carbocycles. The molecule has 0 unspecified atom stereocenters. The highest BCUT2D eigenvalue weighted by atomic mass is 16.4. The van der Waals surface area contributed by atoms with E-state index in [4.69, 9.17) is 10.8 Å². The number of hydrogen-bond acceptors (Lipinski definition) is 7. The number of aliphatic hydroxyl groups is 1. The lowest BCUT2D eigenvalue weighted by Gasteiger charge is -2.24. The van der Waals surface area contributed by atoms with E-state index in [-0.39, 0.29) is 19.3 Å². The van der Waals surface area contributed by atoms with E-state index in [2.05, 4.69) is 16.0 Å². The minimum Gasteiger partial charge on any atom is -0.481 e. The van der Waals surface area contributed by atoms with Crippen LogP contribution in [0, 0.1) is 0 Å². The number of rotatable bonds is 15. The molecule has 38 heavy (non-hydrogen) atoms. The maximum Gasteiger partial charge on any atom is 0.326 e. The zero-order valence-corrected chi connectivity index (χ0v) is 20.6. The van der Waals surface area contributed by atoms with E-state index >= 15 is 0 Å². The number of carboxylic acids is 2. The number of aliphatic hydroxyl groups excluding tert-OH is 1. The number of nitrogens with one attached hydrogen (secondary N) is 3. The SMILES string of the molecule is N[C@@H](Cc1ccccc1)C(=O)N[C@@H](CCC(=O)O)C(=O)N[C@@H](CO)C(=O)N[C@@H](Cc1ccccc1)C(=O)O. The summed E-state index contributed by atoms with van der Waals surface area (Å²) in [6.07, 6.45) is -0.652. The Morgan fingerprint density at radius 3 is 1.66 bits per heavy atom. The predicted molar refractivity (Wildman–Crippen MR) is 136 cm³/mol. The molecule has 2 aromatic rings. The second kappa shape index (κ2) is 15.1. The molecule has 0 aliphatic heterocycles. The van der Waals surface area contributed by atoms with E-state index in [0.717, 1.165) is 5.56 Å². The fourth-order valence-corrected chi connectivity index (χ4v) is 3.56. The van der Waals surface area contributed by atoms with Gasteiger partial charge >= 0.3 is 11.9 Å². The van der Waals surface area contributed by atoms with Crippen molar-refractivity contribution in [3.8, 4) is 0 Å². The molecule has 3 amide bonds. The van der Waals surface area contributed by atoms with E-state index in [1.54, 1.807) is 60.7 Å². The molecule has 0 saturated heterocycles. The summed E-state index contributed by atoms with van der Waals surface area (Å²) in [6.45, 7) is -0.873. The van der Waals surface area contributed by atoms with Gasteiger partial charge in [0.2, 0.25) is 17.7 Å². The number of hydrogen-bond donors (Lipinski definition) is 7. The quantitative estimate of drug-likeness (QED) is 0.154. The molecule has 2 aromatic carbocycles. The summed E-state index contributed by atoms with van der Waals surface area (Å²) in [5.41, 5.74) is 7.38. The first-order valence-corrected chi connectivity index (χ1v) is 11.9. The van der Waals surface area contributed by atoms with Crippen molar-refractivity contribution < 1.29 is 39.3 Å². The van der Waals surface area contributed by atoms with Gasteiger partial charge in [-0.05, 0) is 24.0 Å². The van der Waals surface area contributed by atoms with Gasteiger partial charge in [-0.2, -0.15) is 0 Å². The molecule has 0 aliphatic rings. The van der Waals surface area contributed by atoms with E-state index in [9.17, 15) is 34.2 Å². The molecule has 0 bridgehead atoms. The second-order valence-corrected chi connectivity index (χ2v) is 8.62. The number of benzene rings is 2. The molecule has 0 aromatic heterocycles. The van der Waals surface area contributed by atoms with Gasteiger partial charge in [0, 0.05) is 12.8 Å². The summed E-state index contributed by atoms with van der Waals surface area (Å²) in [5, 5.41) is 35.2. The summed E-state index contributed by atoms with van der Waals surface area (Å²) < 4.78 is 0. The number of carboxylic acid groups (broad SMARTS) is 2. The Morgan fingerprint density at radius 1 is 0.684 bits per heavy atom. The van der Waals surface area contributed by atoms with E-state index < -0.39 is 66.9 Å². The van der Waals surface area contributed by atoms with Crippen LogP contribution in [0.4, 0.5) is 0 Å². The summed E-state index contributed by atoms with van der Waals surface area (Å²) in [6, 6.07) is 12.1. The van der Waals surface area contributed by atoms with Crippen molar-refractivity contribution in [2.75, 3.05) is 6.61 Å². The minimum atomic E-state index is -1.55. The van der Waals surface area contributed by atoms with Crippen LogP contribution in [0.5, 0.6) is 0 Å². The van der Waals surface area contributed by atoms with Gasteiger partial charge in [0.15, 0.2) is 0 Å². The Bertz CT molecular complexity index is 1100. The largest absolute Gasteiger partial charge is 0.481 e. The van der Waals surface area contributed by atoms with Gasteiger partial charge in [0.05, 0.1) is 12.6 Å². The van der Waals surface area contributed by atoms with Crippen molar-refractivity contribution in [1.82, 2.24) is 16.0 Å². The van der Waals surface area contributed by atoms with Crippen LogP contribution in [0.1, 0.15) is 24.0 Å². The highest BCUT2D eigenvalue weighted by Gasteiger charge is 2.30. The Morgan fingerprint density at radius 2 is 1.16 bits per heavy atom. The predicted octanol–water partition coefficient (Wildman–Crippen LogP) is -0.805. The molecule has 0 saturated carbocycles. The molecule has 8 N–H and O–H groups in total. The maximum atomic E-state index is 12.9. The fraction of sp³-hybridized carbons (Fsp3) is 0.346. The summed E-state index contributed by atoms with van der Waals surface area (Å²) >= 11 is 0. The Kier molecular flexibility index (Phi) is 11.9. The molecule has 4 atom stereocenters. The van der Waals surface area contributed by atoms with Crippen LogP contribution in [-0.2, 0) is 36.8 Å². The first-order chi connectivity index (χ1) is 18.1. The van der Waals surface area contributed by atoms with Crippen molar-refractivity contribution >= 4 is 29.7 Å². The summed E-state index contributed by atoms with van der Waals surface area (Å²) in [4.78, 5) is 61.0. The molecule has 0 radical (unpaired) electrons. The lowest BCUT2D eigenvalue weighted by molar-refractivity contribution is -0.142. The van der Waals surface area contributed by atoms with Crippen LogP contribution in [0.2, 0.25) is 0 Å². The Hall–Kier alpha value is -4.29. The number of aliphatic carboxylic acids is 2. The molecule has 12 nitrogen and oxygen atoms in total. The standard InChI is InChI=1S/C26H32N4O8/c27-18(13-16-7-3-1-4-8-16)23(34)28-19(11-12-22(32)33)24(35)30-21(15-31)25(36)29-20(26(37)38)14-17-9-5-2-6-10-17/h1-10,18-21,31H,11-15,27H2,(H,28,34)(H,29,36)(H,30,35)(H,32,33)(H,37,38)/t18-,19-,20-,21-/m0/s1. The minimum absolute atomic E-state index is 0.0371. The zero-order chi connectivity index (χ0) is 28.1. The Labute approximate surface area is 219 Å². The zero-order valence-electron chi connectivity index (χ0n) is 20.6. The monoisotopic (exact) mass is 528 g/mol. The molecule has 2 rings (SSSR count). The van der Waals surface area contributed by atoms with Gasteiger partial charge in [0.1, 0.15) is 18.1 Å². The lowest BCUT2D eigenvalue weighted by Crippen LogP contribution is -2.58. The summed E-state index contributed by atoms with van der Waals surface area (Å²) in [5.74, 6) is -5.14. The molecular weight excluding hydrogens is 496 g/mol. The number of amides is 3. The van der Waals surface area contributed by atoms with Crippen molar-refractivity contribution in [3.05, 3.63) is 71.8 Å². The molecular formula is C26H32N4O8. The third-order valence-corrected chi connectivity index (χ3v) is 5.63. The molecule has 0 fully saturated rings. The van der Waals surface area contributed by atoms with Crippen LogP contribution in [-0.4, -0.2) is 75.8 Å². The molecule has 0 spiro atoms. The number of carbonyl (C=O) groups is 5. The first kappa shape index (κ1) is 29.9. The third kappa shape index (κ3) is 9.99. The van der Waals surface area contributed by atoms with E-state index in [1.807, 2.05) is 0 Å². The van der Waals surface area contributed by atoms with Crippen LogP contribution in [0.15, 0.2) is 60.7 Å². The second-order valence-electron chi connectivity index (χ2n) is 8.62. The van der Waals surface area contributed by atoms with Crippen LogP contribution in [0.3, 0.4) is 0 Å². The molecule has 12 heteroatoms. The van der Waals surface area contributed by atoms with Crippen LogP contribution in [0.25, 0.3) is 0 Å². The lowest BCUT2D eigenvalue weighted by atomic mass is 10.0. The first-order valence-electron chi connectivity index (χ1n) is 11.9. The average Bonchev–Trinajstić information content (AvgIpc) is 2.89. The van der Waals surface area contributed by atoms with Crippen molar-refractivity contribution in [2.45, 2.75) is 49.9 Å². The van der Waals surface area contributed by atoms with Crippen molar-refractivity contribution in [3.63, 3.8) is 0 Å². The van der Waals surface area contributed by atoms with Gasteiger partial charge in [-0.25, -0.2) is 4.79 Å². The van der Waals surface area contributed by atoms with Gasteiger partial charge in [-0.1, -0.05) is 60.7 Å². The topological polar surface area (TPSA) is 208 Å². The average molecular weight is 529 g/mol. The smallest absolute Gasteiger partial charge is 0.326 e.